The predicted octanol–water partition coefficient (Wildman–Crippen LogP) is 5.77. The van der Waals surface area contributed by atoms with Crippen molar-refractivity contribution in [2.45, 2.75) is 0 Å². The Morgan fingerprint density at radius 3 is 2.00 bits per heavy atom. The normalized spacial score (nSPS) is 11.8. The third kappa shape index (κ3) is 2.70. The lowest BCUT2D eigenvalue weighted by Crippen LogP contribution is -2.29. The summed E-state index contributed by atoms with van der Waals surface area (Å²) in [5, 5.41) is 23.9. The second-order valence-electron chi connectivity index (χ2n) is 7.25. The average Bonchev–Trinajstić information content (AvgIpc) is 3.30. The van der Waals surface area contributed by atoms with Crippen LogP contribution in [0.5, 0.6) is 0 Å². The van der Waals surface area contributed by atoms with E-state index >= 15 is 0 Å². The first-order valence-corrected chi connectivity index (χ1v) is 11.0. The van der Waals surface area contributed by atoms with Crippen LogP contribution in [0.2, 0.25) is 0 Å². The maximum absolute atomic E-state index is 9.45. The Bertz CT molecular complexity index is 1550. The molecule has 6 rings (SSSR count). The van der Waals surface area contributed by atoms with Gasteiger partial charge in [0, 0.05) is 40.3 Å². The first-order valence-electron chi connectivity index (χ1n) is 9.41. The largest absolute Gasteiger partial charge is 0.488 e. The molecule has 2 nitrogen and oxygen atoms in total. The predicted molar refractivity (Wildman–Crippen MR) is 127 cm³/mol. The molecule has 0 bridgehead atoms. The molecule has 5 heteroatoms. The summed E-state index contributed by atoms with van der Waals surface area (Å²) in [6, 6.07) is 27.5. The maximum atomic E-state index is 9.45. The van der Waals surface area contributed by atoms with Crippen LogP contribution in [-0.4, -0.2) is 17.2 Å². The minimum atomic E-state index is -1.44. The summed E-state index contributed by atoms with van der Waals surface area (Å²) >= 11 is 3.52. The van der Waals surface area contributed by atoms with E-state index in [1.54, 1.807) is 17.4 Å². The van der Waals surface area contributed by atoms with E-state index in [0.717, 1.165) is 10.1 Å². The van der Waals surface area contributed by atoms with E-state index < -0.39 is 7.12 Å². The zero-order chi connectivity index (χ0) is 19.5. The van der Waals surface area contributed by atoms with E-state index in [2.05, 4.69) is 60.7 Å². The highest BCUT2D eigenvalue weighted by atomic mass is 32.1. The lowest BCUT2D eigenvalue weighted by atomic mass is 9.80. The van der Waals surface area contributed by atoms with Crippen molar-refractivity contribution in [3.8, 4) is 11.1 Å². The highest BCUT2D eigenvalue weighted by molar-refractivity contribution is 7.26. The van der Waals surface area contributed by atoms with Crippen molar-refractivity contribution in [1.82, 2.24) is 0 Å². The summed E-state index contributed by atoms with van der Waals surface area (Å²) in [7, 11) is -1.44. The van der Waals surface area contributed by atoms with Crippen LogP contribution in [0.25, 0.3) is 51.5 Å². The summed E-state index contributed by atoms with van der Waals surface area (Å²) in [4.78, 5) is 0. The number of hydrogen-bond donors (Lipinski definition) is 2. The molecule has 0 fully saturated rings. The van der Waals surface area contributed by atoms with E-state index in [-0.39, 0.29) is 0 Å². The van der Waals surface area contributed by atoms with Gasteiger partial charge in [-0.1, -0.05) is 48.5 Å². The van der Waals surface area contributed by atoms with Crippen LogP contribution >= 0.6 is 22.7 Å². The van der Waals surface area contributed by atoms with Gasteiger partial charge < -0.3 is 10.0 Å². The van der Waals surface area contributed by atoms with Gasteiger partial charge in [0.05, 0.1) is 0 Å². The van der Waals surface area contributed by atoms with E-state index in [9.17, 15) is 10.0 Å². The zero-order valence-corrected chi connectivity index (χ0v) is 16.9. The minimum Gasteiger partial charge on any atom is -0.423 e. The van der Waals surface area contributed by atoms with Crippen LogP contribution < -0.4 is 5.46 Å². The fourth-order valence-electron chi connectivity index (χ4n) is 4.04. The van der Waals surface area contributed by atoms with E-state index in [1.165, 1.54) is 41.4 Å². The van der Waals surface area contributed by atoms with Gasteiger partial charge in [0.2, 0.25) is 0 Å². The van der Waals surface area contributed by atoms with Crippen LogP contribution in [0.15, 0.2) is 78.9 Å². The Morgan fingerprint density at radius 1 is 0.517 bits per heavy atom. The molecule has 0 saturated carbocycles. The van der Waals surface area contributed by atoms with Gasteiger partial charge in [-0.3, -0.25) is 0 Å². The highest BCUT2D eigenvalue weighted by Crippen LogP contribution is 2.39. The van der Waals surface area contributed by atoms with Gasteiger partial charge in [0.15, 0.2) is 0 Å². The summed E-state index contributed by atoms with van der Waals surface area (Å²) in [6.45, 7) is 0. The molecule has 0 amide bonds. The molecule has 4 aromatic carbocycles. The molecule has 2 aromatic heterocycles. The maximum Gasteiger partial charge on any atom is 0.488 e. The molecule has 2 heterocycles. The number of hydrogen-bond acceptors (Lipinski definition) is 4. The molecule has 0 atom stereocenters. The van der Waals surface area contributed by atoms with E-state index in [1.807, 2.05) is 23.5 Å². The molecule has 2 N–H and O–H groups in total. The van der Waals surface area contributed by atoms with Crippen molar-refractivity contribution in [3.05, 3.63) is 78.9 Å². The summed E-state index contributed by atoms with van der Waals surface area (Å²) in [5.74, 6) is 0. The molecule has 0 aliphatic carbocycles. The first kappa shape index (κ1) is 17.2. The third-order valence-electron chi connectivity index (χ3n) is 5.51. The Balaban J connectivity index is 1.53. The van der Waals surface area contributed by atoms with Gasteiger partial charge in [-0.05, 0) is 46.9 Å². The molecule has 0 radical (unpaired) electrons. The SMILES string of the molecule is OB(O)c1ccc2c(c1)sc1ccc(-c3ccc4c(c3)sc3ccccc34)cc12. The van der Waals surface area contributed by atoms with Crippen molar-refractivity contribution in [1.29, 1.82) is 0 Å². The topological polar surface area (TPSA) is 40.5 Å². The van der Waals surface area contributed by atoms with Crippen molar-refractivity contribution in [2.75, 3.05) is 0 Å². The van der Waals surface area contributed by atoms with Gasteiger partial charge in [0.25, 0.3) is 0 Å². The number of rotatable bonds is 2. The number of benzene rings is 4. The molecular formula is C24H15BO2S2. The fourth-order valence-corrected chi connectivity index (χ4v) is 6.32. The van der Waals surface area contributed by atoms with Crippen LogP contribution in [0.3, 0.4) is 0 Å². The van der Waals surface area contributed by atoms with Gasteiger partial charge in [-0.25, -0.2) is 0 Å². The van der Waals surface area contributed by atoms with Crippen molar-refractivity contribution in [3.63, 3.8) is 0 Å². The smallest absolute Gasteiger partial charge is 0.423 e. The van der Waals surface area contributed by atoms with Crippen LogP contribution in [0, 0.1) is 0 Å². The molecule has 0 saturated heterocycles. The van der Waals surface area contributed by atoms with Gasteiger partial charge >= 0.3 is 7.12 Å². The average molecular weight is 410 g/mol. The lowest BCUT2D eigenvalue weighted by molar-refractivity contribution is 0.426. The molecule has 0 aliphatic heterocycles. The Morgan fingerprint density at radius 2 is 1.14 bits per heavy atom. The third-order valence-corrected chi connectivity index (χ3v) is 7.77. The Kier molecular flexibility index (Phi) is 3.80. The second-order valence-corrected chi connectivity index (χ2v) is 9.42. The minimum absolute atomic E-state index is 0.527. The number of thiophene rings is 2. The van der Waals surface area contributed by atoms with Gasteiger partial charge in [-0.15, -0.1) is 22.7 Å². The first-order chi connectivity index (χ1) is 14.2. The van der Waals surface area contributed by atoms with Crippen LogP contribution in [0.1, 0.15) is 0 Å². The van der Waals surface area contributed by atoms with Crippen molar-refractivity contribution in [2.24, 2.45) is 0 Å². The number of fused-ring (bicyclic) bond motifs is 6. The molecule has 6 aromatic rings. The molecule has 0 aliphatic rings. The monoisotopic (exact) mass is 410 g/mol. The summed E-state index contributed by atoms with van der Waals surface area (Å²) in [5.41, 5.74) is 2.94. The van der Waals surface area contributed by atoms with E-state index in [4.69, 9.17) is 0 Å². The molecule has 0 unspecified atom stereocenters. The molecule has 138 valence electrons. The lowest BCUT2D eigenvalue weighted by Gasteiger charge is -2.03. The highest BCUT2D eigenvalue weighted by Gasteiger charge is 2.14. The van der Waals surface area contributed by atoms with E-state index in [0.29, 0.717) is 5.46 Å². The molecule has 0 spiro atoms. The van der Waals surface area contributed by atoms with Crippen molar-refractivity contribution < 1.29 is 10.0 Å². The molecule has 29 heavy (non-hydrogen) atoms. The van der Waals surface area contributed by atoms with Crippen LogP contribution in [0.4, 0.5) is 0 Å². The van der Waals surface area contributed by atoms with Gasteiger partial charge in [-0.2, -0.15) is 0 Å². The summed E-state index contributed by atoms with van der Waals surface area (Å²) in [6.07, 6.45) is 0. The summed E-state index contributed by atoms with van der Waals surface area (Å²) < 4.78 is 4.90. The second kappa shape index (κ2) is 6.41. The Hall–Kier alpha value is -2.70. The van der Waals surface area contributed by atoms with Gasteiger partial charge in [0.1, 0.15) is 0 Å². The fraction of sp³-hybridized carbons (Fsp3) is 0. The standard InChI is InChI=1S/C24H15BO2S2/c26-25(27)16-7-9-19-20-11-14(6-10-22(20)29-24(19)13-16)15-5-8-18-17-3-1-2-4-21(17)28-23(18)12-15/h1-13,26-27H. The Labute approximate surface area is 175 Å². The molecular weight excluding hydrogens is 395 g/mol. The van der Waals surface area contributed by atoms with Crippen LogP contribution in [-0.2, 0) is 0 Å². The zero-order valence-electron chi connectivity index (χ0n) is 15.3. The quantitative estimate of drug-likeness (QED) is 0.356. The van der Waals surface area contributed by atoms with Crippen molar-refractivity contribution >= 4 is 75.6 Å².